The highest BCUT2D eigenvalue weighted by atomic mass is 35.5. The van der Waals surface area contributed by atoms with Gasteiger partial charge in [0.15, 0.2) is 0 Å². The standard InChI is InChI=1S/C13H23ClN2S/c1-9(13(2,3)4)7-10(16-15)8-11-5-6-12(14)17-11/h5-6,9-10,16H,7-8,15H2,1-4H3. The van der Waals surface area contributed by atoms with Crippen molar-refractivity contribution in [2.75, 3.05) is 0 Å². The summed E-state index contributed by atoms with van der Waals surface area (Å²) >= 11 is 7.57. The Morgan fingerprint density at radius 2 is 2.06 bits per heavy atom. The number of rotatable bonds is 5. The molecule has 0 aromatic carbocycles. The molecular formula is C13H23ClN2S. The minimum atomic E-state index is 0.318. The molecule has 98 valence electrons. The maximum Gasteiger partial charge on any atom is 0.0931 e. The van der Waals surface area contributed by atoms with Gasteiger partial charge < -0.3 is 0 Å². The van der Waals surface area contributed by atoms with Gasteiger partial charge in [-0.2, -0.15) is 0 Å². The normalized spacial score (nSPS) is 15.9. The van der Waals surface area contributed by atoms with Crippen LogP contribution in [-0.2, 0) is 6.42 Å². The van der Waals surface area contributed by atoms with Crippen molar-refractivity contribution in [3.05, 3.63) is 21.3 Å². The summed E-state index contributed by atoms with van der Waals surface area (Å²) in [6.45, 7) is 9.10. The van der Waals surface area contributed by atoms with Crippen LogP contribution in [0.1, 0.15) is 39.0 Å². The molecule has 0 saturated carbocycles. The van der Waals surface area contributed by atoms with Crippen molar-refractivity contribution in [1.29, 1.82) is 0 Å². The van der Waals surface area contributed by atoms with Gasteiger partial charge in [0.25, 0.3) is 0 Å². The van der Waals surface area contributed by atoms with Crippen LogP contribution < -0.4 is 11.3 Å². The van der Waals surface area contributed by atoms with Gasteiger partial charge in [-0.1, -0.05) is 39.3 Å². The highest BCUT2D eigenvalue weighted by Gasteiger charge is 2.23. The Balaban J connectivity index is 2.55. The average Bonchev–Trinajstić information content (AvgIpc) is 2.61. The van der Waals surface area contributed by atoms with E-state index < -0.39 is 0 Å². The number of hydrogen-bond acceptors (Lipinski definition) is 3. The predicted octanol–water partition coefficient (Wildman–Crippen LogP) is 3.85. The van der Waals surface area contributed by atoms with Gasteiger partial charge in [0.05, 0.1) is 4.34 Å². The van der Waals surface area contributed by atoms with Gasteiger partial charge in [0, 0.05) is 10.9 Å². The molecule has 2 atom stereocenters. The summed E-state index contributed by atoms with van der Waals surface area (Å²) < 4.78 is 0.847. The quantitative estimate of drug-likeness (QED) is 0.632. The Kier molecular flexibility index (Phi) is 5.45. The molecule has 0 amide bonds. The molecule has 0 aliphatic rings. The van der Waals surface area contributed by atoms with Crippen LogP contribution in [0.25, 0.3) is 0 Å². The van der Waals surface area contributed by atoms with Gasteiger partial charge in [-0.05, 0) is 36.3 Å². The molecule has 3 N–H and O–H groups in total. The zero-order valence-electron chi connectivity index (χ0n) is 11.1. The summed E-state index contributed by atoms with van der Waals surface area (Å²) in [6.07, 6.45) is 2.03. The van der Waals surface area contributed by atoms with E-state index in [1.807, 2.05) is 6.07 Å². The van der Waals surface area contributed by atoms with Crippen molar-refractivity contribution < 1.29 is 0 Å². The van der Waals surface area contributed by atoms with E-state index in [-0.39, 0.29) is 0 Å². The summed E-state index contributed by atoms with van der Waals surface area (Å²) in [6, 6.07) is 4.35. The zero-order valence-corrected chi connectivity index (χ0v) is 12.7. The third kappa shape index (κ3) is 4.96. The maximum absolute atomic E-state index is 5.93. The molecule has 1 aromatic rings. The fourth-order valence-electron chi connectivity index (χ4n) is 1.69. The maximum atomic E-state index is 5.93. The van der Waals surface area contributed by atoms with Gasteiger partial charge in [-0.15, -0.1) is 11.3 Å². The van der Waals surface area contributed by atoms with Crippen LogP contribution in [0, 0.1) is 11.3 Å². The predicted molar refractivity (Wildman–Crippen MR) is 77.4 cm³/mol. The van der Waals surface area contributed by atoms with Gasteiger partial charge in [0.2, 0.25) is 0 Å². The molecule has 17 heavy (non-hydrogen) atoms. The lowest BCUT2D eigenvalue weighted by atomic mass is 9.78. The second kappa shape index (κ2) is 6.19. The summed E-state index contributed by atoms with van der Waals surface area (Å²) in [5.41, 5.74) is 3.25. The molecule has 4 heteroatoms. The summed E-state index contributed by atoms with van der Waals surface area (Å²) in [7, 11) is 0. The topological polar surface area (TPSA) is 38.0 Å². The third-order valence-corrected chi connectivity index (χ3v) is 4.68. The van der Waals surface area contributed by atoms with E-state index >= 15 is 0 Å². The molecular weight excluding hydrogens is 252 g/mol. The van der Waals surface area contributed by atoms with Crippen molar-refractivity contribution in [1.82, 2.24) is 5.43 Å². The lowest BCUT2D eigenvalue weighted by molar-refractivity contribution is 0.222. The van der Waals surface area contributed by atoms with Crippen LogP contribution in [0.3, 0.4) is 0 Å². The first-order valence-electron chi connectivity index (χ1n) is 6.03. The van der Waals surface area contributed by atoms with E-state index in [1.54, 1.807) is 11.3 Å². The van der Waals surface area contributed by atoms with Gasteiger partial charge >= 0.3 is 0 Å². The lowest BCUT2D eigenvalue weighted by Crippen LogP contribution is -2.39. The van der Waals surface area contributed by atoms with Crippen LogP contribution in [0.15, 0.2) is 12.1 Å². The van der Waals surface area contributed by atoms with E-state index in [1.165, 1.54) is 4.88 Å². The first-order chi connectivity index (χ1) is 7.82. The zero-order chi connectivity index (χ0) is 13.1. The molecule has 1 rings (SSSR count). The van der Waals surface area contributed by atoms with Crippen molar-refractivity contribution in [2.45, 2.75) is 46.6 Å². The fourth-order valence-corrected chi connectivity index (χ4v) is 2.86. The largest absolute Gasteiger partial charge is 0.271 e. The van der Waals surface area contributed by atoms with Crippen LogP contribution >= 0.6 is 22.9 Å². The highest BCUT2D eigenvalue weighted by molar-refractivity contribution is 7.16. The molecule has 0 radical (unpaired) electrons. The van der Waals surface area contributed by atoms with E-state index in [9.17, 15) is 0 Å². The van der Waals surface area contributed by atoms with Crippen molar-refractivity contribution in [3.8, 4) is 0 Å². The second-order valence-electron chi connectivity index (χ2n) is 5.78. The average molecular weight is 275 g/mol. The number of nitrogens with one attached hydrogen (secondary N) is 1. The van der Waals surface area contributed by atoms with Crippen LogP contribution in [0.5, 0.6) is 0 Å². The molecule has 1 aromatic heterocycles. The molecule has 0 spiro atoms. The van der Waals surface area contributed by atoms with Crippen molar-refractivity contribution >= 4 is 22.9 Å². The Hall–Kier alpha value is -0.0900. The molecule has 1 heterocycles. The Morgan fingerprint density at radius 3 is 2.47 bits per heavy atom. The minimum Gasteiger partial charge on any atom is -0.271 e. The Morgan fingerprint density at radius 1 is 1.41 bits per heavy atom. The Labute approximate surface area is 114 Å². The molecule has 0 saturated heterocycles. The van der Waals surface area contributed by atoms with E-state index in [4.69, 9.17) is 17.4 Å². The smallest absolute Gasteiger partial charge is 0.0931 e. The van der Waals surface area contributed by atoms with Crippen LogP contribution in [0.4, 0.5) is 0 Å². The summed E-state index contributed by atoms with van der Waals surface area (Å²) in [5, 5.41) is 0. The SMILES string of the molecule is CC(CC(Cc1ccc(Cl)s1)NN)C(C)(C)C. The highest BCUT2D eigenvalue weighted by Crippen LogP contribution is 2.30. The summed E-state index contributed by atoms with van der Waals surface area (Å²) in [4.78, 5) is 1.29. The van der Waals surface area contributed by atoms with E-state index in [0.29, 0.717) is 17.4 Å². The van der Waals surface area contributed by atoms with Crippen molar-refractivity contribution in [2.24, 2.45) is 17.2 Å². The van der Waals surface area contributed by atoms with E-state index in [2.05, 4.69) is 39.2 Å². The monoisotopic (exact) mass is 274 g/mol. The molecule has 0 bridgehead atoms. The molecule has 0 aliphatic heterocycles. The molecule has 0 fully saturated rings. The first-order valence-corrected chi connectivity index (χ1v) is 7.22. The third-order valence-electron chi connectivity index (χ3n) is 3.43. The lowest BCUT2D eigenvalue weighted by Gasteiger charge is -2.30. The first kappa shape index (κ1) is 15.0. The van der Waals surface area contributed by atoms with Crippen LogP contribution in [-0.4, -0.2) is 6.04 Å². The molecule has 2 unspecified atom stereocenters. The van der Waals surface area contributed by atoms with Crippen LogP contribution in [0.2, 0.25) is 4.34 Å². The second-order valence-corrected chi connectivity index (χ2v) is 7.58. The Bertz CT molecular complexity index is 343. The van der Waals surface area contributed by atoms with Gasteiger partial charge in [-0.25, -0.2) is 0 Å². The number of nitrogens with two attached hydrogens (primary N) is 1. The van der Waals surface area contributed by atoms with Crippen molar-refractivity contribution in [3.63, 3.8) is 0 Å². The number of halogens is 1. The minimum absolute atomic E-state index is 0.318. The number of thiophene rings is 1. The fraction of sp³-hybridized carbons (Fsp3) is 0.692. The van der Waals surface area contributed by atoms with Gasteiger partial charge in [0.1, 0.15) is 0 Å². The number of hydrazine groups is 1. The molecule has 0 aliphatic carbocycles. The summed E-state index contributed by atoms with van der Waals surface area (Å²) in [5.74, 6) is 6.26. The van der Waals surface area contributed by atoms with Gasteiger partial charge in [-0.3, -0.25) is 11.3 Å². The molecule has 2 nitrogen and oxygen atoms in total. The number of hydrogen-bond donors (Lipinski definition) is 2. The van der Waals surface area contributed by atoms with E-state index in [0.717, 1.165) is 17.2 Å².